The fraction of sp³-hybridized carbons (Fsp3) is 0.467. The average Bonchev–Trinajstić information content (AvgIpc) is 3.03. The molecule has 0 spiro atoms. The Balaban J connectivity index is 2.13. The van der Waals surface area contributed by atoms with Gasteiger partial charge in [-0.3, -0.25) is 9.67 Å². The molecule has 0 N–H and O–H groups in total. The van der Waals surface area contributed by atoms with E-state index in [1.54, 1.807) is 35.6 Å². The van der Waals surface area contributed by atoms with E-state index in [1.165, 1.54) is 11.3 Å². The van der Waals surface area contributed by atoms with Gasteiger partial charge in [0.15, 0.2) is 6.04 Å². The molecule has 2 heterocycles. The maximum atomic E-state index is 12.3. The Bertz CT molecular complexity index is 641. The van der Waals surface area contributed by atoms with Gasteiger partial charge in [0.05, 0.1) is 12.8 Å². The molecule has 2 aromatic heterocycles. The molecule has 1 unspecified atom stereocenters. The summed E-state index contributed by atoms with van der Waals surface area (Å²) in [6.45, 7) is 7.82. The van der Waals surface area contributed by atoms with Crippen LogP contribution in [0.5, 0.6) is 0 Å². The zero-order valence-electron chi connectivity index (χ0n) is 13.2. The van der Waals surface area contributed by atoms with Crippen molar-refractivity contribution in [1.29, 1.82) is 0 Å². The summed E-state index contributed by atoms with van der Waals surface area (Å²) in [6.07, 6.45) is 6.86. The Morgan fingerprint density at radius 3 is 2.86 bits per heavy atom. The number of aryl methyl sites for hydroxylation is 1. The van der Waals surface area contributed by atoms with Gasteiger partial charge in [-0.25, -0.2) is 9.78 Å². The molecule has 0 bridgehead atoms. The number of aromatic nitrogens is 3. The van der Waals surface area contributed by atoms with Crippen LogP contribution in [-0.2, 0) is 16.1 Å². The Morgan fingerprint density at radius 2 is 2.32 bits per heavy atom. The molecule has 0 aliphatic heterocycles. The van der Waals surface area contributed by atoms with E-state index in [0.29, 0.717) is 6.54 Å². The van der Waals surface area contributed by atoms with Crippen molar-refractivity contribution >= 4 is 23.5 Å². The van der Waals surface area contributed by atoms with Crippen LogP contribution >= 0.6 is 11.3 Å². The monoisotopic (exact) mass is 320 g/mol. The second-order valence-electron chi connectivity index (χ2n) is 5.86. The standard InChI is InChI=1S/C15H20N4O2S/c1-11-8-17-13(22-11)9-16-12(10-19-7-5-6-18-19)14(20)21-15(2,3)4/h5-9,12H,10H2,1-4H3. The summed E-state index contributed by atoms with van der Waals surface area (Å²) in [7, 11) is 0. The molecule has 0 saturated carbocycles. The normalized spacial score (nSPS) is 13.5. The quantitative estimate of drug-likeness (QED) is 0.627. The second kappa shape index (κ2) is 6.83. The van der Waals surface area contributed by atoms with Gasteiger partial charge >= 0.3 is 5.97 Å². The van der Waals surface area contributed by atoms with E-state index in [1.807, 2.05) is 27.7 Å². The Kier molecular flexibility index (Phi) is 5.07. The molecular weight excluding hydrogens is 300 g/mol. The maximum absolute atomic E-state index is 12.3. The Labute approximate surface area is 133 Å². The largest absolute Gasteiger partial charge is 0.458 e. The van der Waals surface area contributed by atoms with Crippen molar-refractivity contribution in [2.45, 2.75) is 45.9 Å². The molecular formula is C15H20N4O2S. The average molecular weight is 320 g/mol. The zero-order chi connectivity index (χ0) is 16.2. The molecule has 0 saturated heterocycles. The number of esters is 1. The number of hydrogen-bond acceptors (Lipinski definition) is 6. The SMILES string of the molecule is Cc1cnc(C=NC(Cn2cccn2)C(=O)OC(C)(C)C)s1. The van der Waals surface area contributed by atoms with Gasteiger partial charge < -0.3 is 4.74 Å². The first-order chi connectivity index (χ1) is 10.3. The highest BCUT2D eigenvalue weighted by Gasteiger charge is 2.25. The summed E-state index contributed by atoms with van der Waals surface area (Å²) < 4.78 is 7.10. The highest BCUT2D eigenvalue weighted by atomic mass is 32.1. The second-order valence-corrected chi connectivity index (χ2v) is 7.13. The summed E-state index contributed by atoms with van der Waals surface area (Å²) in [4.78, 5) is 22.0. The lowest BCUT2D eigenvalue weighted by Gasteiger charge is -2.22. The fourth-order valence-corrected chi connectivity index (χ4v) is 2.38. The third-order valence-electron chi connectivity index (χ3n) is 2.60. The van der Waals surface area contributed by atoms with Crippen LogP contribution in [0.15, 0.2) is 29.6 Å². The highest BCUT2D eigenvalue weighted by Crippen LogP contribution is 2.12. The van der Waals surface area contributed by atoms with E-state index in [-0.39, 0.29) is 5.97 Å². The lowest BCUT2D eigenvalue weighted by molar-refractivity contribution is -0.156. The summed E-state index contributed by atoms with van der Waals surface area (Å²) in [6, 6.07) is 1.16. The predicted octanol–water partition coefficient (Wildman–Crippen LogP) is 2.48. The van der Waals surface area contributed by atoms with Gasteiger partial charge in [-0.05, 0) is 33.8 Å². The van der Waals surface area contributed by atoms with E-state index < -0.39 is 11.6 Å². The van der Waals surface area contributed by atoms with Gasteiger partial charge in [0.25, 0.3) is 0 Å². The Morgan fingerprint density at radius 1 is 1.55 bits per heavy atom. The predicted molar refractivity (Wildman–Crippen MR) is 86.3 cm³/mol. The smallest absolute Gasteiger partial charge is 0.333 e. The number of aliphatic imine (C=N–C) groups is 1. The molecule has 0 radical (unpaired) electrons. The van der Waals surface area contributed by atoms with Crippen LogP contribution < -0.4 is 0 Å². The Hall–Kier alpha value is -2.02. The van der Waals surface area contributed by atoms with E-state index in [9.17, 15) is 4.79 Å². The van der Waals surface area contributed by atoms with Crippen molar-refractivity contribution in [2.24, 2.45) is 4.99 Å². The number of nitrogens with zero attached hydrogens (tertiary/aromatic N) is 4. The van der Waals surface area contributed by atoms with Crippen molar-refractivity contribution in [3.63, 3.8) is 0 Å². The minimum absolute atomic E-state index is 0.336. The fourth-order valence-electron chi connectivity index (χ4n) is 1.72. The summed E-state index contributed by atoms with van der Waals surface area (Å²) >= 11 is 1.53. The highest BCUT2D eigenvalue weighted by molar-refractivity contribution is 7.13. The first-order valence-corrected chi connectivity index (χ1v) is 7.81. The molecule has 0 fully saturated rings. The van der Waals surface area contributed by atoms with Crippen LogP contribution in [0.2, 0.25) is 0 Å². The molecule has 118 valence electrons. The van der Waals surface area contributed by atoms with Gasteiger partial charge in [-0.1, -0.05) is 0 Å². The van der Waals surface area contributed by atoms with Crippen LogP contribution in [0.25, 0.3) is 0 Å². The van der Waals surface area contributed by atoms with Crippen molar-refractivity contribution in [1.82, 2.24) is 14.8 Å². The van der Waals surface area contributed by atoms with Crippen molar-refractivity contribution in [3.8, 4) is 0 Å². The number of carbonyl (C=O) groups excluding carboxylic acids is 1. The summed E-state index contributed by atoms with van der Waals surface area (Å²) in [5.74, 6) is -0.368. The lowest BCUT2D eigenvalue weighted by Crippen LogP contribution is -2.33. The molecule has 0 amide bonds. The molecule has 1 atom stereocenters. The lowest BCUT2D eigenvalue weighted by atomic mass is 10.2. The van der Waals surface area contributed by atoms with Gasteiger partial charge in [0.1, 0.15) is 10.6 Å². The van der Waals surface area contributed by atoms with Crippen LogP contribution in [-0.4, -0.2) is 38.6 Å². The first kappa shape index (κ1) is 16.4. The number of ether oxygens (including phenoxy) is 1. The van der Waals surface area contributed by atoms with E-state index in [4.69, 9.17) is 4.74 Å². The molecule has 0 aliphatic carbocycles. The van der Waals surface area contributed by atoms with E-state index in [2.05, 4.69) is 15.1 Å². The number of thiazole rings is 1. The summed E-state index contributed by atoms with van der Waals surface area (Å²) in [5, 5.41) is 4.89. The van der Waals surface area contributed by atoms with Gasteiger partial charge in [0, 0.05) is 23.5 Å². The minimum Gasteiger partial charge on any atom is -0.458 e. The summed E-state index contributed by atoms with van der Waals surface area (Å²) in [5.41, 5.74) is -0.549. The van der Waals surface area contributed by atoms with Gasteiger partial charge in [-0.15, -0.1) is 11.3 Å². The van der Waals surface area contributed by atoms with Crippen LogP contribution in [0.3, 0.4) is 0 Å². The topological polar surface area (TPSA) is 69.4 Å². The van der Waals surface area contributed by atoms with Crippen LogP contribution in [0.4, 0.5) is 0 Å². The van der Waals surface area contributed by atoms with Crippen molar-refractivity contribution < 1.29 is 9.53 Å². The number of carbonyl (C=O) groups is 1. The molecule has 0 aromatic carbocycles. The number of hydrogen-bond donors (Lipinski definition) is 0. The van der Waals surface area contributed by atoms with Crippen molar-refractivity contribution in [3.05, 3.63) is 34.5 Å². The van der Waals surface area contributed by atoms with Gasteiger partial charge in [0.2, 0.25) is 0 Å². The maximum Gasteiger partial charge on any atom is 0.333 e. The molecule has 2 rings (SSSR count). The molecule has 0 aliphatic rings. The van der Waals surface area contributed by atoms with Crippen LogP contribution in [0, 0.1) is 6.92 Å². The van der Waals surface area contributed by atoms with E-state index in [0.717, 1.165) is 9.88 Å². The van der Waals surface area contributed by atoms with E-state index >= 15 is 0 Å². The van der Waals surface area contributed by atoms with Crippen LogP contribution in [0.1, 0.15) is 30.7 Å². The van der Waals surface area contributed by atoms with Gasteiger partial charge in [-0.2, -0.15) is 5.10 Å². The third kappa shape index (κ3) is 5.07. The molecule has 2 aromatic rings. The van der Waals surface area contributed by atoms with Crippen molar-refractivity contribution in [2.75, 3.05) is 0 Å². The number of rotatable bonds is 5. The zero-order valence-corrected chi connectivity index (χ0v) is 14.0. The molecule has 6 nitrogen and oxygen atoms in total. The minimum atomic E-state index is -0.650. The molecule has 22 heavy (non-hydrogen) atoms. The third-order valence-corrected chi connectivity index (χ3v) is 3.45. The molecule has 7 heteroatoms. The first-order valence-electron chi connectivity index (χ1n) is 6.99.